The van der Waals surface area contributed by atoms with Crippen LogP contribution in [0.2, 0.25) is 0 Å². The maximum absolute atomic E-state index is 13.1. The lowest BCUT2D eigenvalue weighted by molar-refractivity contribution is -0.149. The van der Waals surface area contributed by atoms with Crippen molar-refractivity contribution in [3.63, 3.8) is 0 Å². The number of rotatable bonds is 6. The molecule has 0 radical (unpaired) electrons. The van der Waals surface area contributed by atoms with Crippen molar-refractivity contribution in [3.05, 3.63) is 30.1 Å². The third-order valence-corrected chi connectivity index (χ3v) is 6.37. The van der Waals surface area contributed by atoms with Gasteiger partial charge in [-0.3, -0.25) is 9.69 Å². The molecule has 0 amide bonds. The van der Waals surface area contributed by atoms with Crippen molar-refractivity contribution in [3.8, 4) is 0 Å². The van der Waals surface area contributed by atoms with Crippen molar-refractivity contribution in [2.75, 3.05) is 31.1 Å². The Hall–Kier alpha value is -1.62. The summed E-state index contributed by atoms with van der Waals surface area (Å²) >= 11 is 0. The van der Waals surface area contributed by atoms with E-state index < -0.39 is 0 Å². The average molecular weight is 362 g/mol. The van der Waals surface area contributed by atoms with Gasteiger partial charge in [0, 0.05) is 44.3 Å². The number of anilines is 1. The summed E-state index contributed by atoms with van der Waals surface area (Å²) in [5.41, 5.74) is 0.829. The molecule has 0 saturated carbocycles. The molecule has 0 N–H and O–H groups in total. The van der Waals surface area contributed by atoms with Gasteiger partial charge in [-0.1, -0.05) is 13.8 Å². The Morgan fingerprint density at radius 3 is 2.46 bits per heavy atom. The fraction of sp³-hybridized carbons (Fsp3) is 0.667. The lowest BCUT2D eigenvalue weighted by atomic mass is 9.79. The zero-order valence-corrected chi connectivity index (χ0v) is 16.2. The molecule has 26 heavy (non-hydrogen) atoms. The average Bonchev–Trinajstić information content (AvgIpc) is 2.97. The van der Waals surface area contributed by atoms with Gasteiger partial charge in [0.05, 0.1) is 5.41 Å². The zero-order valence-electron chi connectivity index (χ0n) is 16.2. The summed E-state index contributed by atoms with van der Waals surface area (Å²) in [6, 6.07) is 7.17. The number of hydrogen-bond acceptors (Lipinski definition) is 4. The highest BCUT2D eigenvalue weighted by Gasteiger charge is 2.46. The molecular formula is C21H31FN2O2. The summed E-state index contributed by atoms with van der Waals surface area (Å²) in [6.07, 6.45) is 3.57. The normalized spacial score (nSPS) is 26.2. The van der Waals surface area contributed by atoms with Gasteiger partial charge in [0.25, 0.3) is 0 Å². The van der Waals surface area contributed by atoms with Gasteiger partial charge in [-0.05, 0) is 50.5 Å². The van der Waals surface area contributed by atoms with Crippen molar-refractivity contribution in [1.29, 1.82) is 0 Å². The fourth-order valence-electron chi connectivity index (χ4n) is 4.35. The number of cyclic esters (lactones) is 1. The Kier molecular flexibility index (Phi) is 5.86. The number of halogens is 1. The first-order chi connectivity index (χ1) is 12.5. The van der Waals surface area contributed by atoms with Crippen LogP contribution in [0.1, 0.15) is 46.5 Å². The minimum absolute atomic E-state index is 0.00155. The first-order valence-electron chi connectivity index (χ1n) is 9.93. The monoisotopic (exact) mass is 362 g/mol. The third kappa shape index (κ3) is 3.88. The summed E-state index contributed by atoms with van der Waals surface area (Å²) in [5, 5.41) is 0. The van der Waals surface area contributed by atoms with E-state index >= 15 is 0 Å². The van der Waals surface area contributed by atoms with Crippen LogP contribution in [0.5, 0.6) is 0 Å². The molecule has 0 aliphatic carbocycles. The van der Waals surface area contributed by atoms with Crippen LogP contribution in [0.15, 0.2) is 24.3 Å². The molecule has 2 saturated heterocycles. The molecule has 1 aromatic rings. The van der Waals surface area contributed by atoms with E-state index in [1.54, 1.807) is 0 Å². The first-order valence-corrected chi connectivity index (χ1v) is 9.93. The van der Waals surface area contributed by atoms with E-state index in [1.807, 2.05) is 12.1 Å². The van der Waals surface area contributed by atoms with Crippen LogP contribution in [0.25, 0.3) is 0 Å². The highest BCUT2D eigenvalue weighted by molar-refractivity contribution is 5.78. The Bertz CT molecular complexity index is 615. The summed E-state index contributed by atoms with van der Waals surface area (Å²) in [5.74, 6) is -0.191. The van der Waals surface area contributed by atoms with Crippen LogP contribution in [-0.4, -0.2) is 49.2 Å². The number of esters is 1. The van der Waals surface area contributed by atoms with E-state index in [2.05, 4.69) is 30.6 Å². The van der Waals surface area contributed by atoms with Gasteiger partial charge >= 0.3 is 5.97 Å². The minimum Gasteiger partial charge on any atom is -0.462 e. The number of carbonyl (C=O) groups excluding carboxylic acids is 1. The molecule has 0 spiro atoms. The molecule has 4 nitrogen and oxygen atoms in total. The molecule has 0 aromatic heterocycles. The van der Waals surface area contributed by atoms with Gasteiger partial charge in [-0.25, -0.2) is 4.39 Å². The second-order valence-corrected chi connectivity index (χ2v) is 7.81. The van der Waals surface area contributed by atoms with E-state index in [1.165, 1.54) is 12.1 Å². The summed E-state index contributed by atoms with van der Waals surface area (Å²) in [7, 11) is 0. The van der Waals surface area contributed by atoms with E-state index in [9.17, 15) is 9.18 Å². The predicted octanol–water partition coefficient (Wildman–Crippen LogP) is 3.85. The number of benzene rings is 1. The molecule has 0 bridgehead atoms. The molecule has 3 rings (SSSR count). The summed E-state index contributed by atoms with van der Waals surface area (Å²) < 4.78 is 18.8. The molecule has 2 atom stereocenters. The van der Waals surface area contributed by atoms with Crippen LogP contribution >= 0.6 is 0 Å². The summed E-state index contributed by atoms with van der Waals surface area (Å²) in [4.78, 5) is 17.0. The molecule has 2 aliphatic rings. The highest BCUT2D eigenvalue weighted by Crippen LogP contribution is 2.41. The van der Waals surface area contributed by atoms with Crippen LogP contribution in [0.3, 0.4) is 0 Å². The Morgan fingerprint density at radius 1 is 1.19 bits per heavy atom. The van der Waals surface area contributed by atoms with Crippen molar-refractivity contribution in [2.24, 2.45) is 5.41 Å². The van der Waals surface area contributed by atoms with Crippen molar-refractivity contribution in [1.82, 2.24) is 4.90 Å². The van der Waals surface area contributed by atoms with Crippen molar-refractivity contribution >= 4 is 11.7 Å². The molecule has 2 unspecified atom stereocenters. The standard InChI is InChI=1S/C21H31FN2O2/c1-4-21(5-2)14-19(26-20(21)25)10-11-23-12-13-24(15-16(23)3)18-8-6-17(22)7-9-18/h6-9,16,19H,4-5,10-15H2,1-3H3. The quantitative estimate of drug-likeness (QED) is 0.720. The molecule has 1 aromatic carbocycles. The van der Waals surface area contributed by atoms with Gasteiger partial charge in [0.1, 0.15) is 11.9 Å². The largest absolute Gasteiger partial charge is 0.462 e. The Balaban J connectivity index is 1.50. The maximum atomic E-state index is 13.1. The van der Waals surface area contributed by atoms with E-state index in [0.717, 1.165) is 57.5 Å². The van der Waals surface area contributed by atoms with E-state index in [0.29, 0.717) is 6.04 Å². The molecule has 2 aliphatic heterocycles. The maximum Gasteiger partial charge on any atom is 0.312 e. The molecule has 5 heteroatoms. The molecule has 2 fully saturated rings. The van der Waals surface area contributed by atoms with Crippen LogP contribution in [-0.2, 0) is 9.53 Å². The molecular weight excluding hydrogens is 331 g/mol. The number of nitrogens with zero attached hydrogens (tertiary/aromatic N) is 2. The van der Waals surface area contributed by atoms with Crippen LogP contribution in [0.4, 0.5) is 10.1 Å². The van der Waals surface area contributed by atoms with E-state index in [-0.39, 0.29) is 23.3 Å². The topological polar surface area (TPSA) is 32.8 Å². The van der Waals surface area contributed by atoms with Gasteiger partial charge in [0.15, 0.2) is 0 Å². The Morgan fingerprint density at radius 2 is 1.88 bits per heavy atom. The first kappa shape index (κ1) is 19.2. The zero-order chi connectivity index (χ0) is 18.7. The Labute approximate surface area is 156 Å². The lowest BCUT2D eigenvalue weighted by Crippen LogP contribution is -2.52. The third-order valence-electron chi connectivity index (χ3n) is 6.37. The highest BCUT2D eigenvalue weighted by atomic mass is 19.1. The number of piperazine rings is 1. The second kappa shape index (κ2) is 7.95. The van der Waals surface area contributed by atoms with Gasteiger partial charge < -0.3 is 9.64 Å². The van der Waals surface area contributed by atoms with Crippen LogP contribution in [0, 0.1) is 11.2 Å². The number of carbonyl (C=O) groups is 1. The molecule has 144 valence electrons. The molecule has 2 heterocycles. The van der Waals surface area contributed by atoms with E-state index in [4.69, 9.17) is 4.74 Å². The van der Waals surface area contributed by atoms with Gasteiger partial charge in [-0.2, -0.15) is 0 Å². The predicted molar refractivity (Wildman–Crippen MR) is 102 cm³/mol. The van der Waals surface area contributed by atoms with Crippen molar-refractivity contribution in [2.45, 2.75) is 58.6 Å². The second-order valence-electron chi connectivity index (χ2n) is 7.81. The van der Waals surface area contributed by atoms with Crippen molar-refractivity contribution < 1.29 is 13.9 Å². The number of hydrogen-bond donors (Lipinski definition) is 0. The van der Waals surface area contributed by atoms with Gasteiger partial charge in [-0.15, -0.1) is 0 Å². The lowest BCUT2D eigenvalue weighted by Gasteiger charge is -2.41. The fourth-order valence-corrected chi connectivity index (χ4v) is 4.35. The van der Waals surface area contributed by atoms with Gasteiger partial charge in [0.2, 0.25) is 0 Å². The SMILES string of the molecule is CCC1(CC)CC(CCN2CCN(c3ccc(F)cc3)CC2C)OC1=O. The summed E-state index contributed by atoms with van der Waals surface area (Å²) in [6.45, 7) is 10.2. The minimum atomic E-state index is -0.252. The smallest absolute Gasteiger partial charge is 0.312 e. The number of ether oxygens (including phenoxy) is 1. The van der Waals surface area contributed by atoms with Crippen LogP contribution < -0.4 is 4.90 Å².